The zero-order valence-corrected chi connectivity index (χ0v) is 14.2. The second kappa shape index (κ2) is 8.64. The number of rotatable bonds is 10. The van der Waals surface area contributed by atoms with E-state index in [1.165, 1.54) is 0 Å². The van der Waals surface area contributed by atoms with Crippen LogP contribution in [0, 0.1) is 0 Å². The molecule has 192 valence electrons. The number of ether oxygens (including phenoxy) is 2. The molecule has 0 unspecified atom stereocenters. The van der Waals surface area contributed by atoms with Crippen LogP contribution >= 0.6 is 0 Å². The summed E-state index contributed by atoms with van der Waals surface area (Å²) >= 11 is 0. The standard InChI is InChI=1S/C12H6F18O2/c13-5(14,9(21,22)23)7(17,18)11(27,28)31-3-1-2-4-32-12(29,30)8(19,20)6(15,16)10(24,25)26/h1-2H,3-4H2. The average molecular weight is 524 g/mol. The quantitative estimate of drug-likeness (QED) is 0.243. The summed E-state index contributed by atoms with van der Waals surface area (Å²) in [5.41, 5.74) is 0. The molecule has 0 spiro atoms. The molecule has 0 saturated carbocycles. The van der Waals surface area contributed by atoms with Gasteiger partial charge in [0.25, 0.3) is 0 Å². The van der Waals surface area contributed by atoms with Gasteiger partial charge in [0.2, 0.25) is 0 Å². The SMILES string of the molecule is FC(F)(F)C(F)(F)C(F)(F)C(F)(F)OCC=CCOC(F)(F)C(F)(F)C(F)(F)C(F)(F)F. The van der Waals surface area contributed by atoms with Crippen molar-refractivity contribution < 1.29 is 88.5 Å². The van der Waals surface area contributed by atoms with Crippen molar-refractivity contribution in [1.82, 2.24) is 0 Å². The van der Waals surface area contributed by atoms with E-state index in [0.717, 1.165) is 0 Å². The van der Waals surface area contributed by atoms with Gasteiger partial charge in [-0.15, -0.1) is 0 Å². The van der Waals surface area contributed by atoms with Gasteiger partial charge in [0.05, 0.1) is 13.2 Å². The predicted molar refractivity (Wildman–Crippen MR) is 62.8 cm³/mol. The lowest BCUT2D eigenvalue weighted by Gasteiger charge is -2.33. The van der Waals surface area contributed by atoms with Gasteiger partial charge in [-0.05, 0) is 0 Å². The van der Waals surface area contributed by atoms with Crippen molar-refractivity contribution in [3.05, 3.63) is 12.2 Å². The van der Waals surface area contributed by atoms with Crippen LogP contribution in [0.2, 0.25) is 0 Å². The van der Waals surface area contributed by atoms with Crippen LogP contribution in [0.5, 0.6) is 0 Å². The molecule has 0 heterocycles. The van der Waals surface area contributed by atoms with Gasteiger partial charge < -0.3 is 9.47 Å². The van der Waals surface area contributed by atoms with E-state index >= 15 is 0 Å². The Balaban J connectivity index is 5.13. The summed E-state index contributed by atoms with van der Waals surface area (Å²) in [7, 11) is 0. The smallest absolute Gasteiger partial charge is 0.311 e. The Hall–Kier alpha value is -1.60. The van der Waals surface area contributed by atoms with Gasteiger partial charge in [-0.1, -0.05) is 12.2 Å². The van der Waals surface area contributed by atoms with Crippen molar-refractivity contribution in [3.63, 3.8) is 0 Å². The van der Waals surface area contributed by atoms with Gasteiger partial charge >= 0.3 is 48.3 Å². The second-order valence-electron chi connectivity index (χ2n) is 5.42. The lowest BCUT2D eigenvalue weighted by molar-refractivity contribution is -0.443. The van der Waals surface area contributed by atoms with Crippen molar-refractivity contribution in [3.8, 4) is 0 Å². The zero-order chi connectivity index (χ0) is 26.2. The highest BCUT2D eigenvalue weighted by molar-refractivity contribution is 4.98. The third-order valence-electron chi connectivity index (χ3n) is 3.12. The Bertz CT molecular complexity index is 602. The molecular formula is C12H6F18O2. The number of hydrogen-bond donors (Lipinski definition) is 0. The first-order valence-electron chi connectivity index (χ1n) is 7.04. The molecule has 0 radical (unpaired) electrons. The molecule has 0 aromatic rings. The van der Waals surface area contributed by atoms with Crippen molar-refractivity contribution in [2.75, 3.05) is 13.2 Å². The van der Waals surface area contributed by atoms with Gasteiger partial charge in [0, 0.05) is 0 Å². The minimum absolute atomic E-state index is 0.216. The molecule has 32 heavy (non-hydrogen) atoms. The molecular weight excluding hydrogens is 518 g/mol. The normalized spacial score (nSPS) is 16.2. The molecule has 0 rings (SSSR count). The van der Waals surface area contributed by atoms with E-state index in [0.29, 0.717) is 0 Å². The van der Waals surface area contributed by atoms with E-state index in [2.05, 4.69) is 9.47 Å². The maximum absolute atomic E-state index is 12.9. The first kappa shape index (κ1) is 30.4. The number of alkyl halides is 18. The fourth-order valence-corrected chi connectivity index (χ4v) is 1.34. The minimum Gasteiger partial charge on any atom is -0.311 e. The Morgan fingerprint density at radius 3 is 0.781 bits per heavy atom. The van der Waals surface area contributed by atoms with Crippen molar-refractivity contribution in [1.29, 1.82) is 0 Å². The van der Waals surface area contributed by atoms with Gasteiger partial charge in [-0.2, -0.15) is 79.0 Å². The molecule has 0 N–H and O–H groups in total. The van der Waals surface area contributed by atoms with Crippen LogP contribution in [0.15, 0.2) is 12.2 Å². The summed E-state index contributed by atoms with van der Waals surface area (Å²) in [5.74, 6) is -29.1. The second-order valence-corrected chi connectivity index (χ2v) is 5.42. The molecule has 0 aromatic carbocycles. The highest BCUT2D eigenvalue weighted by atomic mass is 19.4. The van der Waals surface area contributed by atoms with Crippen LogP contribution in [-0.2, 0) is 9.47 Å². The van der Waals surface area contributed by atoms with Crippen LogP contribution in [0.25, 0.3) is 0 Å². The Morgan fingerprint density at radius 1 is 0.375 bits per heavy atom. The predicted octanol–water partition coefficient (Wildman–Crippen LogP) is 6.43. The van der Waals surface area contributed by atoms with Crippen molar-refractivity contribution >= 4 is 0 Å². The molecule has 20 heteroatoms. The van der Waals surface area contributed by atoms with E-state index in [4.69, 9.17) is 0 Å². The first-order chi connectivity index (χ1) is 13.7. The molecule has 0 fully saturated rings. The van der Waals surface area contributed by atoms with Gasteiger partial charge in [0.15, 0.2) is 0 Å². The van der Waals surface area contributed by atoms with E-state index in [-0.39, 0.29) is 12.2 Å². The molecule has 0 bridgehead atoms. The molecule has 0 saturated heterocycles. The highest BCUT2D eigenvalue weighted by Crippen LogP contribution is 2.54. The van der Waals surface area contributed by atoms with Crippen LogP contribution < -0.4 is 0 Å². The lowest BCUT2D eigenvalue weighted by Crippen LogP contribution is -2.61. The lowest BCUT2D eigenvalue weighted by atomic mass is 10.1. The Labute approximate surface area is 163 Å². The molecule has 0 aromatic heterocycles. The largest absolute Gasteiger partial charge is 0.460 e. The van der Waals surface area contributed by atoms with E-state index < -0.39 is 61.5 Å². The maximum atomic E-state index is 12.9. The van der Waals surface area contributed by atoms with Crippen molar-refractivity contribution in [2.45, 2.75) is 48.3 Å². The number of halogens is 18. The first-order valence-corrected chi connectivity index (χ1v) is 7.04. The fourth-order valence-electron chi connectivity index (χ4n) is 1.34. The topological polar surface area (TPSA) is 18.5 Å². The summed E-state index contributed by atoms with van der Waals surface area (Å²) in [5, 5.41) is 0. The third-order valence-corrected chi connectivity index (χ3v) is 3.12. The summed E-state index contributed by atoms with van der Waals surface area (Å²) in [6, 6.07) is 0. The minimum atomic E-state index is -7.33. The molecule has 0 atom stereocenters. The maximum Gasteiger partial charge on any atom is 0.460 e. The summed E-state index contributed by atoms with van der Waals surface area (Å²) < 4.78 is 229. The van der Waals surface area contributed by atoms with Crippen LogP contribution in [-0.4, -0.2) is 61.5 Å². The Morgan fingerprint density at radius 2 is 0.594 bits per heavy atom. The molecule has 0 amide bonds. The summed E-state index contributed by atoms with van der Waals surface area (Å²) in [6.45, 7) is -4.19. The Kier molecular flexibility index (Phi) is 8.20. The molecule has 0 aliphatic carbocycles. The van der Waals surface area contributed by atoms with Crippen LogP contribution in [0.4, 0.5) is 79.0 Å². The summed E-state index contributed by atoms with van der Waals surface area (Å²) in [6.07, 6.45) is -27.9. The fraction of sp³-hybridized carbons (Fsp3) is 0.833. The van der Waals surface area contributed by atoms with Crippen molar-refractivity contribution in [2.24, 2.45) is 0 Å². The molecule has 0 aliphatic rings. The van der Waals surface area contributed by atoms with Gasteiger partial charge in [-0.3, -0.25) is 0 Å². The van der Waals surface area contributed by atoms with E-state index in [1.807, 2.05) is 0 Å². The molecule has 0 aliphatic heterocycles. The van der Waals surface area contributed by atoms with Crippen LogP contribution in [0.3, 0.4) is 0 Å². The van der Waals surface area contributed by atoms with Crippen LogP contribution in [0.1, 0.15) is 0 Å². The highest BCUT2D eigenvalue weighted by Gasteiger charge is 2.83. The van der Waals surface area contributed by atoms with E-state index in [9.17, 15) is 79.0 Å². The average Bonchev–Trinajstić information content (AvgIpc) is 2.55. The summed E-state index contributed by atoms with van der Waals surface area (Å²) in [4.78, 5) is 0. The van der Waals surface area contributed by atoms with Gasteiger partial charge in [-0.25, -0.2) is 0 Å². The van der Waals surface area contributed by atoms with Gasteiger partial charge in [0.1, 0.15) is 0 Å². The monoisotopic (exact) mass is 524 g/mol. The third kappa shape index (κ3) is 5.30. The number of hydrogen-bond acceptors (Lipinski definition) is 2. The molecule has 2 nitrogen and oxygen atoms in total. The zero-order valence-electron chi connectivity index (χ0n) is 14.2. The van der Waals surface area contributed by atoms with E-state index in [1.54, 1.807) is 0 Å².